The van der Waals surface area contributed by atoms with Gasteiger partial charge < -0.3 is 14.5 Å². The summed E-state index contributed by atoms with van der Waals surface area (Å²) in [6.45, 7) is 3.72. The van der Waals surface area contributed by atoms with Gasteiger partial charge in [0.05, 0.1) is 0 Å². The van der Waals surface area contributed by atoms with E-state index in [9.17, 15) is 4.79 Å². The van der Waals surface area contributed by atoms with E-state index in [4.69, 9.17) is 9.15 Å². The molecular formula is C20H26N4O3. The van der Waals surface area contributed by atoms with Gasteiger partial charge >= 0.3 is 0 Å². The van der Waals surface area contributed by atoms with Crippen LogP contribution in [0.3, 0.4) is 0 Å². The van der Waals surface area contributed by atoms with Gasteiger partial charge in [-0.25, -0.2) is 0 Å². The number of aromatic nitrogens is 2. The van der Waals surface area contributed by atoms with Gasteiger partial charge in [0.2, 0.25) is 17.7 Å². The molecule has 4 rings (SSSR count). The predicted molar refractivity (Wildman–Crippen MR) is 100 cm³/mol. The van der Waals surface area contributed by atoms with Crippen molar-refractivity contribution in [3.8, 4) is 11.5 Å². The number of rotatable bonds is 5. The quantitative estimate of drug-likeness (QED) is 0.868. The largest absolute Gasteiger partial charge is 0.420 e. The van der Waals surface area contributed by atoms with Crippen LogP contribution in [-0.4, -0.2) is 59.4 Å². The number of carbonyl (C=O) groups is 1. The van der Waals surface area contributed by atoms with E-state index in [1.807, 2.05) is 30.3 Å². The molecule has 2 saturated heterocycles. The van der Waals surface area contributed by atoms with Gasteiger partial charge in [-0.1, -0.05) is 18.2 Å². The number of hydrogen-bond donors (Lipinski definition) is 1. The van der Waals surface area contributed by atoms with E-state index >= 15 is 0 Å². The van der Waals surface area contributed by atoms with Crippen molar-refractivity contribution in [3.05, 3.63) is 36.2 Å². The van der Waals surface area contributed by atoms with Gasteiger partial charge in [-0.15, -0.1) is 10.2 Å². The molecule has 0 spiro atoms. The molecule has 1 amide bonds. The number of piperidine rings is 1. The highest BCUT2D eigenvalue weighted by atomic mass is 16.5. The van der Waals surface area contributed by atoms with Gasteiger partial charge in [-0.05, 0) is 44.4 Å². The van der Waals surface area contributed by atoms with Crippen LogP contribution in [0.1, 0.15) is 31.6 Å². The second-order valence-electron chi connectivity index (χ2n) is 7.29. The van der Waals surface area contributed by atoms with Crippen LogP contribution in [0.15, 0.2) is 34.7 Å². The molecule has 0 saturated carbocycles. The molecule has 7 heteroatoms. The number of nitrogens with zero attached hydrogens (tertiary/aromatic N) is 3. The van der Waals surface area contributed by atoms with Crippen molar-refractivity contribution in [1.29, 1.82) is 0 Å². The molecule has 1 atom stereocenters. The minimum Gasteiger partial charge on any atom is -0.420 e. The van der Waals surface area contributed by atoms with Crippen LogP contribution in [0, 0.1) is 0 Å². The van der Waals surface area contributed by atoms with Crippen molar-refractivity contribution < 1.29 is 13.9 Å². The molecule has 3 heterocycles. The van der Waals surface area contributed by atoms with Crippen LogP contribution >= 0.6 is 0 Å². The van der Waals surface area contributed by atoms with E-state index in [0.717, 1.165) is 57.6 Å². The van der Waals surface area contributed by atoms with E-state index in [1.165, 1.54) is 0 Å². The highest BCUT2D eigenvalue weighted by molar-refractivity contribution is 5.78. The molecule has 1 aromatic heterocycles. The van der Waals surface area contributed by atoms with Gasteiger partial charge in [0.1, 0.15) is 6.42 Å². The fraction of sp³-hybridized carbons (Fsp3) is 0.550. The molecule has 2 aliphatic rings. The Morgan fingerprint density at radius 1 is 1.15 bits per heavy atom. The van der Waals surface area contributed by atoms with Crippen molar-refractivity contribution in [1.82, 2.24) is 20.4 Å². The molecule has 144 valence electrons. The maximum atomic E-state index is 12.4. The van der Waals surface area contributed by atoms with Gasteiger partial charge in [-0.3, -0.25) is 9.69 Å². The number of ether oxygens (including phenoxy) is 1. The predicted octanol–water partition coefficient (Wildman–Crippen LogP) is 2.04. The Labute approximate surface area is 159 Å². The van der Waals surface area contributed by atoms with E-state index in [2.05, 4.69) is 20.4 Å². The zero-order valence-electron chi connectivity index (χ0n) is 15.5. The summed E-state index contributed by atoms with van der Waals surface area (Å²) in [6, 6.07) is 10.4. The number of nitrogens with one attached hydrogen (secondary N) is 1. The molecule has 0 radical (unpaired) electrons. The Hall–Kier alpha value is -2.25. The molecule has 2 aliphatic heterocycles. The molecular weight excluding hydrogens is 344 g/mol. The third-order valence-corrected chi connectivity index (χ3v) is 5.32. The topological polar surface area (TPSA) is 80.5 Å². The molecule has 2 aromatic rings. The maximum absolute atomic E-state index is 12.4. The summed E-state index contributed by atoms with van der Waals surface area (Å²) in [6.07, 6.45) is 4.43. The molecule has 2 fully saturated rings. The van der Waals surface area contributed by atoms with Crippen molar-refractivity contribution in [3.63, 3.8) is 0 Å². The van der Waals surface area contributed by atoms with E-state index in [0.29, 0.717) is 17.8 Å². The summed E-state index contributed by atoms with van der Waals surface area (Å²) in [5, 5.41) is 11.2. The van der Waals surface area contributed by atoms with Crippen LogP contribution in [-0.2, 0) is 16.0 Å². The van der Waals surface area contributed by atoms with E-state index in [-0.39, 0.29) is 18.4 Å². The van der Waals surface area contributed by atoms with Gasteiger partial charge in [0.25, 0.3) is 0 Å². The SMILES string of the molecule is O=C(Cc1nnc(-c2ccccc2)o1)NC1CCCN(C2CCOCC2)C1. The van der Waals surface area contributed by atoms with Crippen LogP contribution in [0.2, 0.25) is 0 Å². The highest BCUT2D eigenvalue weighted by Crippen LogP contribution is 2.20. The Kier molecular flexibility index (Phi) is 5.79. The van der Waals surface area contributed by atoms with E-state index < -0.39 is 0 Å². The van der Waals surface area contributed by atoms with Crippen LogP contribution in [0.25, 0.3) is 11.5 Å². The number of benzene rings is 1. The summed E-state index contributed by atoms with van der Waals surface area (Å²) < 4.78 is 11.1. The van der Waals surface area contributed by atoms with Crippen LogP contribution in [0.5, 0.6) is 0 Å². The van der Waals surface area contributed by atoms with E-state index in [1.54, 1.807) is 0 Å². The highest BCUT2D eigenvalue weighted by Gasteiger charge is 2.28. The maximum Gasteiger partial charge on any atom is 0.247 e. The Balaban J connectivity index is 1.29. The molecule has 27 heavy (non-hydrogen) atoms. The Morgan fingerprint density at radius 3 is 2.78 bits per heavy atom. The minimum atomic E-state index is -0.0583. The fourth-order valence-corrected chi connectivity index (χ4v) is 3.94. The summed E-state index contributed by atoms with van der Waals surface area (Å²) in [4.78, 5) is 14.9. The number of carbonyl (C=O) groups excluding carboxylic acids is 1. The lowest BCUT2D eigenvalue weighted by Crippen LogP contribution is -2.52. The average Bonchev–Trinajstić information content (AvgIpc) is 3.18. The monoisotopic (exact) mass is 370 g/mol. The fourth-order valence-electron chi connectivity index (χ4n) is 3.94. The zero-order valence-corrected chi connectivity index (χ0v) is 15.5. The Morgan fingerprint density at radius 2 is 1.96 bits per heavy atom. The van der Waals surface area contributed by atoms with Gasteiger partial charge in [-0.2, -0.15) is 0 Å². The van der Waals surface area contributed by atoms with Crippen molar-refractivity contribution in [2.75, 3.05) is 26.3 Å². The first-order valence-corrected chi connectivity index (χ1v) is 9.77. The first-order chi connectivity index (χ1) is 13.3. The van der Waals surface area contributed by atoms with Crippen LogP contribution in [0.4, 0.5) is 0 Å². The summed E-state index contributed by atoms with van der Waals surface area (Å²) in [5.41, 5.74) is 0.857. The first-order valence-electron chi connectivity index (χ1n) is 9.77. The average molecular weight is 370 g/mol. The van der Waals surface area contributed by atoms with Gasteiger partial charge in [0.15, 0.2) is 0 Å². The smallest absolute Gasteiger partial charge is 0.247 e. The lowest BCUT2D eigenvalue weighted by atomic mass is 10.00. The third kappa shape index (κ3) is 4.73. The summed E-state index contributed by atoms with van der Waals surface area (Å²) >= 11 is 0. The molecule has 0 aliphatic carbocycles. The zero-order chi connectivity index (χ0) is 18.5. The molecule has 1 aromatic carbocycles. The Bertz CT molecular complexity index is 743. The normalized spacial score (nSPS) is 21.9. The molecule has 1 unspecified atom stereocenters. The lowest BCUT2D eigenvalue weighted by Gasteiger charge is -2.40. The second-order valence-corrected chi connectivity index (χ2v) is 7.29. The minimum absolute atomic E-state index is 0.0583. The first kappa shape index (κ1) is 18.1. The standard InChI is InChI=1S/C20H26N4O3/c25-18(13-19-22-23-20(27-19)15-5-2-1-3-6-15)21-16-7-4-10-24(14-16)17-8-11-26-12-9-17/h1-3,5-6,16-17H,4,7-14H2,(H,21,25). The van der Waals surface area contributed by atoms with Crippen molar-refractivity contribution >= 4 is 5.91 Å². The number of hydrogen-bond acceptors (Lipinski definition) is 6. The molecule has 7 nitrogen and oxygen atoms in total. The number of amides is 1. The van der Waals surface area contributed by atoms with Crippen LogP contribution < -0.4 is 5.32 Å². The summed E-state index contributed by atoms with van der Waals surface area (Å²) in [5.74, 6) is 0.738. The third-order valence-electron chi connectivity index (χ3n) is 5.32. The number of likely N-dealkylation sites (tertiary alicyclic amines) is 1. The second kappa shape index (κ2) is 8.63. The van der Waals surface area contributed by atoms with Gasteiger partial charge in [0, 0.05) is 37.4 Å². The summed E-state index contributed by atoms with van der Waals surface area (Å²) in [7, 11) is 0. The molecule has 0 bridgehead atoms. The van der Waals surface area contributed by atoms with Crippen molar-refractivity contribution in [2.45, 2.75) is 44.2 Å². The molecule has 1 N–H and O–H groups in total. The van der Waals surface area contributed by atoms with Crippen molar-refractivity contribution in [2.24, 2.45) is 0 Å². The lowest BCUT2D eigenvalue weighted by molar-refractivity contribution is -0.122.